The van der Waals surface area contributed by atoms with E-state index < -0.39 is 0 Å². The molecule has 2 aromatic heterocycles. The lowest BCUT2D eigenvalue weighted by Gasteiger charge is -1.95. The second kappa shape index (κ2) is 2.92. The van der Waals surface area contributed by atoms with E-state index in [9.17, 15) is 0 Å². The Balaban J connectivity index is 2.12. The number of rotatable bonds is 2. The fourth-order valence-electron chi connectivity index (χ4n) is 1.49. The van der Waals surface area contributed by atoms with E-state index in [2.05, 4.69) is 15.2 Å². The molecule has 2 heterocycles. The highest BCUT2D eigenvalue weighted by atomic mass is 35.5. The first kappa shape index (κ1) is 8.17. The van der Waals surface area contributed by atoms with Gasteiger partial charge < -0.3 is 0 Å². The van der Waals surface area contributed by atoms with Crippen LogP contribution in [0.25, 0.3) is 5.65 Å². The summed E-state index contributed by atoms with van der Waals surface area (Å²) in [6, 6.07) is 3.98. The zero-order valence-corrected chi connectivity index (χ0v) is 8.28. The molecule has 1 saturated carbocycles. The summed E-state index contributed by atoms with van der Waals surface area (Å²) in [7, 11) is 0. The zero-order chi connectivity index (χ0) is 9.54. The lowest BCUT2D eigenvalue weighted by atomic mass is 10.3. The average molecular weight is 209 g/mol. The Hall–Kier alpha value is -1.16. The zero-order valence-electron chi connectivity index (χ0n) is 7.52. The Bertz CT molecular complexity index is 475. The van der Waals surface area contributed by atoms with E-state index >= 15 is 0 Å². The lowest BCUT2D eigenvalue weighted by Crippen LogP contribution is -1.98. The normalized spacial score (nSPS) is 16.4. The van der Waals surface area contributed by atoms with Crippen LogP contribution < -0.4 is 0 Å². The topological polar surface area (TPSA) is 43.1 Å². The van der Waals surface area contributed by atoms with Crippen molar-refractivity contribution >= 4 is 17.2 Å². The number of hydrogen-bond acceptors (Lipinski definition) is 3. The largest absolute Gasteiger partial charge is 0.209 e. The predicted molar refractivity (Wildman–Crippen MR) is 52.3 cm³/mol. The van der Waals surface area contributed by atoms with Crippen LogP contribution in [-0.2, 0) is 5.88 Å². The molecule has 3 rings (SSSR count). The number of aromatic nitrogens is 4. The van der Waals surface area contributed by atoms with Gasteiger partial charge in [-0.05, 0) is 25.0 Å². The molecule has 0 N–H and O–H groups in total. The molecule has 0 bridgehead atoms. The lowest BCUT2D eigenvalue weighted by molar-refractivity contribution is 0.749. The highest BCUT2D eigenvalue weighted by Crippen LogP contribution is 2.38. The quantitative estimate of drug-likeness (QED) is 0.707. The summed E-state index contributed by atoms with van der Waals surface area (Å²) >= 11 is 5.65. The third-order valence-electron chi connectivity index (χ3n) is 2.39. The molecule has 0 radical (unpaired) electrons. The van der Waals surface area contributed by atoms with Gasteiger partial charge in [-0.3, -0.25) is 0 Å². The van der Waals surface area contributed by atoms with Crippen LogP contribution in [0.3, 0.4) is 0 Å². The molecular weight excluding hydrogens is 200 g/mol. The molecule has 0 saturated heterocycles. The first-order valence-electron chi connectivity index (χ1n) is 4.65. The Labute approximate surface area is 85.9 Å². The van der Waals surface area contributed by atoms with E-state index in [0.29, 0.717) is 17.6 Å². The summed E-state index contributed by atoms with van der Waals surface area (Å²) in [6.07, 6.45) is 2.49. The van der Waals surface area contributed by atoms with Gasteiger partial charge in [0.15, 0.2) is 11.5 Å². The average Bonchev–Trinajstić information content (AvgIpc) is 2.97. The minimum Gasteiger partial charge on any atom is -0.209 e. The van der Waals surface area contributed by atoms with E-state index in [0.717, 1.165) is 11.3 Å². The highest BCUT2D eigenvalue weighted by Gasteiger charge is 2.25. The van der Waals surface area contributed by atoms with Gasteiger partial charge in [-0.15, -0.1) is 21.3 Å². The molecule has 72 valence electrons. The summed E-state index contributed by atoms with van der Waals surface area (Å²) in [5.74, 6) is 1.61. The minimum atomic E-state index is 0.335. The molecule has 5 heteroatoms. The maximum Gasteiger partial charge on any atom is 0.176 e. The van der Waals surface area contributed by atoms with Crippen molar-refractivity contribution in [2.75, 3.05) is 0 Å². The summed E-state index contributed by atoms with van der Waals surface area (Å²) in [6.45, 7) is 0. The van der Waals surface area contributed by atoms with Crippen molar-refractivity contribution < 1.29 is 0 Å². The maximum atomic E-state index is 5.65. The van der Waals surface area contributed by atoms with Crippen LogP contribution in [-0.4, -0.2) is 19.8 Å². The third kappa shape index (κ3) is 1.26. The van der Waals surface area contributed by atoms with Crippen LogP contribution in [0.4, 0.5) is 0 Å². The minimum absolute atomic E-state index is 0.335. The van der Waals surface area contributed by atoms with Gasteiger partial charge in [0, 0.05) is 5.92 Å². The molecule has 0 aliphatic heterocycles. The van der Waals surface area contributed by atoms with Crippen molar-refractivity contribution in [1.29, 1.82) is 0 Å². The van der Waals surface area contributed by atoms with Crippen molar-refractivity contribution in [3.63, 3.8) is 0 Å². The van der Waals surface area contributed by atoms with Gasteiger partial charge in [-0.2, -0.15) is 5.10 Å². The molecule has 0 aromatic carbocycles. The predicted octanol–water partition coefficient (Wildman–Crippen LogP) is 1.74. The smallest absolute Gasteiger partial charge is 0.176 e. The molecule has 0 unspecified atom stereocenters. The van der Waals surface area contributed by atoms with Crippen molar-refractivity contribution in [2.45, 2.75) is 24.6 Å². The molecule has 1 fully saturated rings. The fraction of sp³-hybridized carbons (Fsp3) is 0.444. The molecule has 14 heavy (non-hydrogen) atoms. The molecule has 0 amide bonds. The second-order valence-electron chi connectivity index (χ2n) is 3.54. The number of fused-ring (bicyclic) bond motifs is 1. The van der Waals surface area contributed by atoms with Crippen LogP contribution in [0.15, 0.2) is 12.1 Å². The number of alkyl halides is 1. The van der Waals surface area contributed by atoms with Crippen LogP contribution in [0.1, 0.15) is 30.3 Å². The SMILES string of the molecule is ClCc1nc2ccc(C3CC3)nn2n1. The van der Waals surface area contributed by atoms with Gasteiger partial charge >= 0.3 is 0 Å². The van der Waals surface area contributed by atoms with E-state index in [-0.39, 0.29) is 0 Å². The maximum absolute atomic E-state index is 5.65. The third-order valence-corrected chi connectivity index (χ3v) is 2.63. The van der Waals surface area contributed by atoms with Crippen molar-refractivity contribution in [3.05, 3.63) is 23.7 Å². The second-order valence-corrected chi connectivity index (χ2v) is 3.81. The summed E-state index contributed by atoms with van der Waals surface area (Å²) in [5, 5.41) is 8.55. The molecule has 0 atom stereocenters. The molecule has 1 aliphatic carbocycles. The monoisotopic (exact) mass is 208 g/mol. The van der Waals surface area contributed by atoms with Crippen LogP contribution in [0.2, 0.25) is 0 Å². The summed E-state index contributed by atoms with van der Waals surface area (Å²) in [5.41, 5.74) is 1.88. The number of hydrogen-bond donors (Lipinski definition) is 0. The Morgan fingerprint density at radius 3 is 2.93 bits per heavy atom. The Morgan fingerprint density at radius 2 is 2.21 bits per heavy atom. The van der Waals surface area contributed by atoms with Crippen LogP contribution >= 0.6 is 11.6 Å². The van der Waals surface area contributed by atoms with Gasteiger partial charge in [-0.25, -0.2) is 4.98 Å². The van der Waals surface area contributed by atoms with Gasteiger partial charge in [-0.1, -0.05) is 0 Å². The van der Waals surface area contributed by atoms with Gasteiger partial charge in [0.05, 0.1) is 11.6 Å². The Kier molecular flexibility index (Phi) is 1.70. The van der Waals surface area contributed by atoms with Gasteiger partial charge in [0.25, 0.3) is 0 Å². The summed E-state index contributed by atoms with van der Waals surface area (Å²) < 4.78 is 1.57. The van der Waals surface area contributed by atoms with Crippen molar-refractivity contribution in [3.8, 4) is 0 Å². The first-order valence-corrected chi connectivity index (χ1v) is 5.19. The van der Waals surface area contributed by atoms with E-state index in [4.69, 9.17) is 11.6 Å². The van der Waals surface area contributed by atoms with E-state index in [1.165, 1.54) is 12.8 Å². The Morgan fingerprint density at radius 1 is 1.36 bits per heavy atom. The van der Waals surface area contributed by atoms with Crippen LogP contribution in [0.5, 0.6) is 0 Å². The summed E-state index contributed by atoms with van der Waals surface area (Å²) in [4.78, 5) is 4.21. The molecule has 0 spiro atoms. The van der Waals surface area contributed by atoms with E-state index in [1.54, 1.807) is 4.63 Å². The first-order chi connectivity index (χ1) is 6.86. The fourth-order valence-corrected chi connectivity index (χ4v) is 1.61. The van der Waals surface area contributed by atoms with E-state index in [1.807, 2.05) is 12.1 Å². The number of nitrogens with zero attached hydrogens (tertiary/aromatic N) is 4. The van der Waals surface area contributed by atoms with Crippen molar-refractivity contribution in [2.24, 2.45) is 0 Å². The molecule has 1 aliphatic rings. The molecule has 2 aromatic rings. The van der Waals surface area contributed by atoms with Crippen molar-refractivity contribution in [1.82, 2.24) is 19.8 Å². The highest BCUT2D eigenvalue weighted by molar-refractivity contribution is 6.16. The van der Waals surface area contributed by atoms with Gasteiger partial charge in [0.2, 0.25) is 0 Å². The number of halogens is 1. The van der Waals surface area contributed by atoms with Gasteiger partial charge in [0.1, 0.15) is 0 Å². The standard InChI is InChI=1S/C9H9ClN4/c10-5-8-11-9-4-3-7(6-1-2-6)12-14(9)13-8/h3-4,6H,1-2,5H2. The molecule has 4 nitrogen and oxygen atoms in total. The molecular formula is C9H9ClN4. The van der Waals surface area contributed by atoms with Crippen LogP contribution in [0, 0.1) is 0 Å².